The normalized spacial score (nSPS) is 11.0. The molecule has 4 nitrogen and oxygen atoms in total. The Balaban J connectivity index is 1.56. The van der Waals surface area contributed by atoms with E-state index in [0.29, 0.717) is 11.3 Å². The predicted octanol–water partition coefficient (Wildman–Crippen LogP) is 5.39. The third kappa shape index (κ3) is 3.21. The molecule has 0 aliphatic heterocycles. The second-order valence-electron chi connectivity index (χ2n) is 6.93. The monoisotopic (exact) mass is 376 g/mol. The first kappa shape index (κ1) is 17.1. The van der Waals surface area contributed by atoms with Crippen LogP contribution in [0.2, 0.25) is 0 Å². The van der Waals surface area contributed by atoms with Crippen LogP contribution in [-0.4, -0.2) is 20.9 Å². The molecule has 0 spiro atoms. The van der Waals surface area contributed by atoms with Crippen LogP contribution in [-0.2, 0) is 0 Å². The summed E-state index contributed by atoms with van der Waals surface area (Å²) < 4.78 is 0. The van der Waals surface area contributed by atoms with Gasteiger partial charge in [-0.2, -0.15) is 0 Å². The van der Waals surface area contributed by atoms with Crippen LogP contribution in [0.4, 0.5) is 0 Å². The Morgan fingerprint density at radius 3 is 2.17 bits per heavy atom. The van der Waals surface area contributed by atoms with Crippen molar-refractivity contribution < 1.29 is 9.90 Å². The molecule has 29 heavy (non-hydrogen) atoms. The highest BCUT2D eigenvalue weighted by Gasteiger charge is 2.13. The smallest absolute Gasteiger partial charge is 0.212 e. The van der Waals surface area contributed by atoms with Gasteiger partial charge in [0, 0.05) is 11.1 Å². The number of aromatic hydroxyl groups is 1. The van der Waals surface area contributed by atoms with Gasteiger partial charge in [-0.3, -0.25) is 9.78 Å². The van der Waals surface area contributed by atoms with Gasteiger partial charge >= 0.3 is 0 Å². The van der Waals surface area contributed by atoms with Gasteiger partial charge in [0.15, 0.2) is 0 Å². The van der Waals surface area contributed by atoms with Gasteiger partial charge in [0.25, 0.3) is 0 Å². The van der Waals surface area contributed by atoms with Crippen molar-refractivity contribution in [2.45, 2.75) is 0 Å². The van der Waals surface area contributed by atoms with Gasteiger partial charge in [-0.15, -0.1) is 0 Å². The highest BCUT2D eigenvalue weighted by Crippen LogP contribution is 2.27. The van der Waals surface area contributed by atoms with Crippen molar-refractivity contribution in [2.75, 3.05) is 0 Å². The topological polar surface area (TPSA) is 63.1 Å². The van der Waals surface area contributed by atoms with Gasteiger partial charge < -0.3 is 5.11 Å². The Morgan fingerprint density at radius 1 is 0.724 bits per heavy atom. The number of hydrogen-bond acceptors (Lipinski definition) is 4. The van der Waals surface area contributed by atoms with E-state index in [4.69, 9.17) is 0 Å². The van der Waals surface area contributed by atoms with Crippen LogP contribution >= 0.6 is 0 Å². The Bertz CT molecular complexity index is 1380. The fourth-order valence-electron chi connectivity index (χ4n) is 3.47. The molecular formula is C25H16N2O2. The third-order valence-electron chi connectivity index (χ3n) is 5.00. The molecule has 0 bridgehead atoms. The van der Waals surface area contributed by atoms with Crippen molar-refractivity contribution in [3.8, 4) is 17.0 Å². The van der Waals surface area contributed by atoms with Crippen molar-refractivity contribution in [3.05, 3.63) is 103 Å². The minimum absolute atomic E-state index is 0.116. The molecule has 5 rings (SSSR count). The first-order valence-electron chi connectivity index (χ1n) is 9.26. The molecule has 1 aromatic heterocycles. The van der Waals surface area contributed by atoms with E-state index >= 15 is 0 Å². The number of carbonyl (C=O) groups is 1. The maximum absolute atomic E-state index is 12.7. The van der Waals surface area contributed by atoms with Gasteiger partial charge in [0.05, 0.1) is 18.1 Å². The van der Waals surface area contributed by atoms with Gasteiger partial charge in [-0.1, -0.05) is 36.4 Å². The molecule has 1 N–H and O–H groups in total. The number of rotatable bonds is 3. The molecule has 5 aromatic rings. The Morgan fingerprint density at radius 2 is 1.41 bits per heavy atom. The van der Waals surface area contributed by atoms with E-state index in [1.807, 2.05) is 18.2 Å². The molecule has 4 aromatic carbocycles. The van der Waals surface area contributed by atoms with Gasteiger partial charge in [-0.25, -0.2) is 4.98 Å². The van der Waals surface area contributed by atoms with E-state index in [9.17, 15) is 9.90 Å². The lowest BCUT2D eigenvalue weighted by Gasteiger charge is -2.07. The molecule has 0 aliphatic carbocycles. The summed E-state index contributed by atoms with van der Waals surface area (Å²) in [5.74, 6) is -0.115. The largest absolute Gasteiger partial charge is 0.508 e. The quantitative estimate of drug-likeness (QED) is 0.339. The number of ketones is 1. The Labute approximate surface area is 167 Å². The van der Waals surface area contributed by atoms with E-state index in [2.05, 4.69) is 46.4 Å². The molecule has 1 heterocycles. The molecular weight excluding hydrogens is 360 g/mol. The number of benzene rings is 4. The summed E-state index contributed by atoms with van der Waals surface area (Å²) in [6, 6.07) is 24.8. The van der Waals surface area contributed by atoms with E-state index in [1.165, 1.54) is 29.1 Å². The number of fused-ring (bicyclic) bond motifs is 2. The molecule has 0 amide bonds. The maximum atomic E-state index is 12.7. The number of carbonyl (C=O) groups excluding carboxylic acids is 1. The molecule has 0 saturated carbocycles. The Hall–Kier alpha value is -4.05. The van der Waals surface area contributed by atoms with Gasteiger partial charge in [0.1, 0.15) is 11.4 Å². The highest BCUT2D eigenvalue weighted by molar-refractivity contribution is 6.08. The summed E-state index contributed by atoms with van der Waals surface area (Å²) in [6.07, 6.45) is 3.13. The van der Waals surface area contributed by atoms with E-state index in [-0.39, 0.29) is 17.2 Å². The van der Waals surface area contributed by atoms with Crippen molar-refractivity contribution >= 4 is 27.3 Å². The lowest BCUT2D eigenvalue weighted by molar-refractivity contribution is 0.103. The Kier molecular flexibility index (Phi) is 4.03. The van der Waals surface area contributed by atoms with Gasteiger partial charge in [-0.05, 0) is 64.0 Å². The maximum Gasteiger partial charge on any atom is 0.212 e. The van der Waals surface area contributed by atoms with Crippen LogP contribution in [0.25, 0.3) is 32.8 Å². The molecule has 0 radical (unpaired) electrons. The van der Waals surface area contributed by atoms with Crippen LogP contribution in [0.15, 0.2) is 91.3 Å². The van der Waals surface area contributed by atoms with Crippen molar-refractivity contribution in [1.82, 2.24) is 9.97 Å². The van der Waals surface area contributed by atoms with Crippen molar-refractivity contribution in [1.29, 1.82) is 0 Å². The third-order valence-corrected chi connectivity index (χ3v) is 5.00. The van der Waals surface area contributed by atoms with Gasteiger partial charge in [0.2, 0.25) is 5.78 Å². The molecule has 0 unspecified atom stereocenters. The summed E-state index contributed by atoms with van der Waals surface area (Å²) in [7, 11) is 0. The van der Waals surface area contributed by atoms with Crippen LogP contribution < -0.4 is 0 Å². The zero-order valence-corrected chi connectivity index (χ0v) is 15.4. The first-order valence-corrected chi connectivity index (χ1v) is 9.26. The van der Waals surface area contributed by atoms with Crippen LogP contribution in [0.3, 0.4) is 0 Å². The standard InChI is InChI=1S/C25H16N2O2/c28-22-9-7-16(8-10-22)25(29)24-15-26-14-23(27-24)20-6-5-19-11-17-3-1-2-4-18(17)12-21(19)13-20/h1-15,28H. The highest BCUT2D eigenvalue weighted by atomic mass is 16.3. The number of phenolic OH excluding ortho intramolecular Hbond substituents is 1. The zero-order valence-electron chi connectivity index (χ0n) is 15.4. The van der Waals surface area contributed by atoms with E-state index in [1.54, 1.807) is 18.3 Å². The second-order valence-corrected chi connectivity index (χ2v) is 6.93. The average Bonchev–Trinajstić information content (AvgIpc) is 2.77. The molecule has 4 heteroatoms. The van der Waals surface area contributed by atoms with E-state index in [0.717, 1.165) is 16.3 Å². The molecule has 138 valence electrons. The second kappa shape index (κ2) is 6.84. The molecule has 0 aliphatic rings. The van der Waals surface area contributed by atoms with Crippen LogP contribution in [0.1, 0.15) is 16.1 Å². The number of aromatic nitrogens is 2. The van der Waals surface area contributed by atoms with Crippen LogP contribution in [0.5, 0.6) is 5.75 Å². The van der Waals surface area contributed by atoms with Crippen LogP contribution in [0, 0.1) is 0 Å². The average molecular weight is 376 g/mol. The fourth-order valence-corrected chi connectivity index (χ4v) is 3.47. The first-order chi connectivity index (χ1) is 14.2. The minimum Gasteiger partial charge on any atom is -0.508 e. The summed E-state index contributed by atoms with van der Waals surface area (Å²) >= 11 is 0. The number of phenols is 1. The molecule has 0 fully saturated rings. The molecule has 0 atom stereocenters. The summed E-state index contributed by atoms with van der Waals surface area (Å²) in [5.41, 5.74) is 2.27. The number of hydrogen-bond donors (Lipinski definition) is 1. The molecule has 0 saturated heterocycles. The number of nitrogens with zero attached hydrogens (tertiary/aromatic N) is 2. The minimum atomic E-state index is -0.230. The fraction of sp³-hybridized carbons (Fsp3) is 0. The lowest BCUT2D eigenvalue weighted by atomic mass is 10.0. The SMILES string of the molecule is O=C(c1ccc(O)cc1)c1cncc(-c2ccc3cc4ccccc4cc3c2)n1. The summed E-state index contributed by atoms with van der Waals surface area (Å²) in [5, 5.41) is 14.1. The predicted molar refractivity (Wildman–Crippen MR) is 114 cm³/mol. The van der Waals surface area contributed by atoms with Crippen molar-refractivity contribution in [3.63, 3.8) is 0 Å². The lowest BCUT2D eigenvalue weighted by Crippen LogP contribution is -2.05. The van der Waals surface area contributed by atoms with Crippen molar-refractivity contribution in [2.24, 2.45) is 0 Å². The van der Waals surface area contributed by atoms with E-state index < -0.39 is 0 Å². The summed E-state index contributed by atoms with van der Waals surface area (Å²) in [6.45, 7) is 0. The zero-order chi connectivity index (χ0) is 19.8. The summed E-state index contributed by atoms with van der Waals surface area (Å²) in [4.78, 5) is 21.5.